The summed E-state index contributed by atoms with van der Waals surface area (Å²) in [5.41, 5.74) is 2.71. The van der Waals surface area contributed by atoms with Gasteiger partial charge in [-0.1, -0.05) is 19.3 Å². The standard InChI is InChI=1S/C21H30N6O/c1-16(25-20(28)9-8-18-14-22-10-11-23-18)19-15-24-21(26-17(19)2)27-12-6-4-3-5-7-13-27/h10-11,14-16H,3-9,12-13H2,1-2H3,(H,25,28). The number of amides is 1. The third-order valence-electron chi connectivity index (χ3n) is 5.21. The van der Waals surface area contributed by atoms with E-state index in [9.17, 15) is 4.79 Å². The zero-order chi connectivity index (χ0) is 19.8. The summed E-state index contributed by atoms with van der Waals surface area (Å²) in [6.07, 6.45) is 14.1. The average molecular weight is 383 g/mol. The molecule has 0 saturated carbocycles. The van der Waals surface area contributed by atoms with Gasteiger partial charge in [-0.15, -0.1) is 0 Å². The molecule has 3 heterocycles. The molecule has 1 aliphatic heterocycles. The van der Waals surface area contributed by atoms with Gasteiger partial charge >= 0.3 is 0 Å². The molecule has 0 aromatic carbocycles. The fourth-order valence-corrected chi connectivity index (χ4v) is 3.58. The summed E-state index contributed by atoms with van der Waals surface area (Å²) in [5.74, 6) is 0.801. The molecule has 3 rings (SSSR count). The van der Waals surface area contributed by atoms with Crippen LogP contribution in [0.5, 0.6) is 0 Å². The van der Waals surface area contributed by atoms with Crippen molar-refractivity contribution in [2.75, 3.05) is 18.0 Å². The topological polar surface area (TPSA) is 83.9 Å². The number of nitrogens with zero attached hydrogens (tertiary/aromatic N) is 5. The molecule has 150 valence electrons. The van der Waals surface area contributed by atoms with Gasteiger partial charge in [0, 0.05) is 55.6 Å². The minimum Gasteiger partial charge on any atom is -0.349 e. The Balaban J connectivity index is 1.57. The Kier molecular flexibility index (Phi) is 7.28. The lowest BCUT2D eigenvalue weighted by atomic mass is 10.1. The van der Waals surface area contributed by atoms with Crippen LogP contribution < -0.4 is 10.2 Å². The fourth-order valence-electron chi connectivity index (χ4n) is 3.58. The maximum absolute atomic E-state index is 12.3. The summed E-state index contributed by atoms with van der Waals surface area (Å²) in [5, 5.41) is 3.04. The van der Waals surface area contributed by atoms with Crippen LogP contribution in [0.1, 0.15) is 68.4 Å². The van der Waals surface area contributed by atoms with Crippen molar-refractivity contribution < 1.29 is 4.79 Å². The van der Waals surface area contributed by atoms with Crippen molar-refractivity contribution in [2.24, 2.45) is 0 Å². The number of aryl methyl sites for hydroxylation is 2. The number of rotatable bonds is 6. The molecule has 1 aliphatic rings. The van der Waals surface area contributed by atoms with Crippen molar-refractivity contribution in [2.45, 2.75) is 64.8 Å². The van der Waals surface area contributed by atoms with Crippen LogP contribution in [0.2, 0.25) is 0 Å². The Labute approximate surface area is 167 Å². The lowest BCUT2D eigenvalue weighted by Crippen LogP contribution is -2.30. The Bertz CT molecular complexity index is 759. The van der Waals surface area contributed by atoms with Gasteiger partial charge < -0.3 is 10.2 Å². The highest BCUT2D eigenvalue weighted by atomic mass is 16.1. The number of hydrogen-bond donors (Lipinski definition) is 1. The second kappa shape index (κ2) is 10.1. The van der Waals surface area contributed by atoms with E-state index < -0.39 is 0 Å². The van der Waals surface area contributed by atoms with Gasteiger partial charge in [0.2, 0.25) is 11.9 Å². The molecule has 1 unspecified atom stereocenters. The summed E-state index contributed by atoms with van der Waals surface area (Å²) in [4.78, 5) is 32.1. The highest BCUT2D eigenvalue weighted by molar-refractivity contribution is 5.76. The summed E-state index contributed by atoms with van der Waals surface area (Å²) in [7, 11) is 0. The maximum atomic E-state index is 12.3. The third kappa shape index (κ3) is 5.71. The number of aromatic nitrogens is 4. The highest BCUT2D eigenvalue weighted by Crippen LogP contribution is 2.20. The first-order valence-electron chi connectivity index (χ1n) is 10.3. The maximum Gasteiger partial charge on any atom is 0.225 e. The Morgan fingerprint density at radius 3 is 2.54 bits per heavy atom. The van der Waals surface area contributed by atoms with Gasteiger partial charge in [-0.3, -0.25) is 14.8 Å². The van der Waals surface area contributed by atoms with Crippen molar-refractivity contribution in [1.82, 2.24) is 25.3 Å². The lowest BCUT2D eigenvalue weighted by molar-refractivity contribution is -0.121. The van der Waals surface area contributed by atoms with E-state index in [1.54, 1.807) is 18.6 Å². The van der Waals surface area contributed by atoms with E-state index in [0.717, 1.165) is 36.0 Å². The molecular formula is C21H30N6O. The zero-order valence-corrected chi connectivity index (χ0v) is 16.9. The second-order valence-corrected chi connectivity index (χ2v) is 7.45. The van der Waals surface area contributed by atoms with E-state index in [-0.39, 0.29) is 11.9 Å². The normalized spacial score (nSPS) is 16.1. The van der Waals surface area contributed by atoms with Crippen LogP contribution in [-0.2, 0) is 11.2 Å². The largest absolute Gasteiger partial charge is 0.349 e. The number of hydrogen-bond acceptors (Lipinski definition) is 6. The van der Waals surface area contributed by atoms with Gasteiger partial charge in [-0.2, -0.15) is 0 Å². The van der Waals surface area contributed by atoms with Crippen LogP contribution in [0, 0.1) is 6.92 Å². The molecule has 0 bridgehead atoms. The molecule has 2 aromatic rings. The van der Waals surface area contributed by atoms with Crippen LogP contribution in [-0.4, -0.2) is 38.9 Å². The Morgan fingerprint density at radius 1 is 1.11 bits per heavy atom. The van der Waals surface area contributed by atoms with Gasteiger partial charge in [-0.25, -0.2) is 9.97 Å². The van der Waals surface area contributed by atoms with E-state index >= 15 is 0 Å². The molecule has 1 saturated heterocycles. The SMILES string of the molecule is Cc1nc(N2CCCCCCC2)ncc1C(C)NC(=O)CCc1cnccn1. The first-order valence-corrected chi connectivity index (χ1v) is 10.3. The van der Waals surface area contributed by atoms with Crippen molar-refractivity contribution in [3.8, 4) is 0 Å². The van der Waals surface area contributed by atoms with E-state index in [1.807, 2.05) is 20.0 Å². The van der Waals surface area contributed by atoms with Crippen molar-refractivity contribution in [3.63, 3.8) is 0 Å². The quantitative estimate of drug-likeness (QED) is 0.826. The molecular weight excluding hydrogens is 352 g/mol. The zero-order valence-electron chi connectivity index (χ0n) is 16.9. The summed E-state index contributed by atoms with van der Waals surface area (Å²) < 4.78 is 0. The van der Waals surface area contributed by atoms with Crippen molar-refractivity contribution >= 4 is 11.9 Å². The number of carbonyl (C=O) groups excluding carboxylic acids is 1. The van der Waals surface area contributed by atoms with E-state index in [0.29, 0.717) is 12.8 Å². The minimum absolute atomic E-state index is 0.00889. The third-order valence-corrected chi connectivity index (χ3v) is 5.21. The van der Waals surface area contributed by atoms with E-state index in [4.69, 9.17) is 4.98 Å². The first kappa shape index (κ1) is 20.2. The molecule has 1 N–H and O–H groups in total. The van der Waals surface area contributed by atoms with Crippen LogP contribution >= 0.6 is 0 Å². The highest BCUT2D eigenvalue weighted by Gasteiger charge is 2.17. The average Bonchev–Trinajstić information content (AvgIpc) is 2.67. The van der Waals surface area contributed by atoms with Crippen LogP contribution in [0.15, 0.2) is 24.8 Å². The van der Waals surface area contributed by atoms with Crippen molar-refractivity contribution in [1.29, 1.82) is 0 Å². The van der Waals surface area contributed by atoms with Crippen LogP contribution in [0.25, 0.3) is 0 Å². The Morgan fingerprint density at radius 2 is 1.86 bits per heavy atom. The Hall–Kier alpha value is -2.57. The lowest BCUT2D eigenvalue weighted by Gasteiger charge is -2.25. The summed E-state index contributed by atoms with van der Waals surface area (Å²) in [6.45, 7) is 6.01. The molecule has 0 spiro atoms. The summed E-state index contributed by atoms with van der Waals surface area (Å²) >= 11 is 0. The van der Waals surface area contributed by atoms with E-state index in [1.165, 1.54) is 32.1 Å². The number of carbonyl (C=O) groups is 1. The van der Waals surface area contributed by atoms with Gasteiger partial charge in [0.1, 0.15) is 0 Å². The molecule has 1 atom stereocenters. The molecule has 0 radical (unpaired) electrons. The minimum atomic E-state index is -0.129. The molecule has 0 aliphatic carbocycles. The molecule has 1 fully saturated rings. The van der Waals surface area contributed by atoms with E-state index in [2.05, 4.69) is 25.2 Å². The smallest absolute Gasteiger partial charge is 0.225 e. The van der Waals surface area contributed by atoms with Gasteiger partial charge in [0.15, 0.2) is 0 Å². The summed E-state index contributed by atoms with van der Waals surface area (Å²) in [6, 6.07) is -0.129. The van der Waals surface area contributed by atoms with Crippen LogP contribution in [0.4, 0.5) is 5.95 Å². The molecule has 2 aromatic heterocycles. The number of nitrogens with one attached hydrogen (secondary N) is 1. The number of anilines is 1. The van der Waals surface area contributed by atoms with Crippen LogP contribution in [0.3, 0.4) is 0 Å². The predicted octanol–water partition coefficient (Wildman–Crippen LogP) is 3.16. The monoisotopic (exact) mass is 382 g/mol. The molecule has 7 nitrogen and oxygen atoms in total. The van der Waals surface area contributed by atoms with Gasteiger partial charge in [0.05, 0.1) is 11.7 Å². The van der Waals surface area contributed by atoms with Gasteiger partial charge in [0.25, 0.3) is 0 Å². The molecule has 28 heavy (non-hydrogen) atoms. The van der Waals surface area contributed by atoms with Crippen molar-refractivity contribution in [3.05, 3.63) is 41.7 Å². The predicted molar refractivity (Wildman–Crippen MR) is 109 cm³/mol. The first-order chi connectivity index (χ1) is 13.6. The van der Waals surface area contributed by atoms with Gasteiger partial charge in [-0.05, 0) is 33.1 Å². The molecule has 7 heteroatoms. The fraction of sp³-hybridized carbons (Fsp3) is 0.571. The molecule has 1 amide bonds. The second-order valence-electron chi connectivity index (χ2n) is 7.45.